The van der Waals surface area contributed by atoms with Crippen LogP contribution in [0, 0.1) is 0 Å². The number of para-hydroxylation sites is 1. The number of nitrogens with zero attached hydrogens (tertiary/aromatic N) is 1. The van der Waals surface area contributed by atoms with E-state index in [0.717, 1.165) is 31.1 Å². The van der Waals surface area contributed by atoms with E-state index in [1.165, 1.54) is 5.69 Å². The first kappa shape index (κ1) is 17.0. The normalized spacial score (nSPS) is 16.4. The molecular formula is C15H23BrN2O2. The van der Waals surface area contributed by atoms with Crippen LogP contribution in [-0.2, 0) is 4.74 Å². The third kappa shape index (κ3) is 4.80. The number of amides is 1. The molecule has 5 heteroatoms. The number of hydrogen-bond acceptors (Lipinski definition) is 3. The molecule has 2 rings (SSSR count). The van der Waals surface area contributed by atoms with Crippen LogP contribution in [-0.4, -0.2) is 37.9 Å². The molecule has 1 heterocycles. The topological polar surface area (TPSA) is 34.0 Å². The molecule has 0 radical (unpaired) electrons. The summed E-state index contributed by atoms with van der Waals surface area (Å²) >= 11 is 0. The Bertz CT molecular complexity index is 423. The molecule has 1 aromatic rings. The zero-order valence-corrected chi connectivity index (χ0v) is 13.9. The molecule has 1 aromatic carbocycles. The van der Waals surface area contributed by atoms with Crippen molar-refractivity contribution in [2.24, 2.45) is 0 Å². The van der Waals surface area contributed by atoms with Crippen LogP contribution in [0.3, 0.4) is 0 Å². The first-order valence-electron chi connectivity index (χ1n) is 6.84. The standard InChI is InChI=1S/C15H22N2O2.BrH/c1-15(2,3)19-14(18)17-11-9-16(10-12-17)13-7-5-4-6-8-13;/h4-8H,9-12H2,1-3H3;1H. The number of carbonyl (C=O) groups excluding carboxylic acids is 1. The van der Waals surface area contributed by atoms with Crippen LogP contribution in [0.2, 0.25) is 0 Å². The molecule has 0 unspecified atom stereocenters. The Morgan fingerprint density at radius 3 is 2.20 bits per heavy atom. The second-order valence-electron chi connectivity index (χ2n) is 5.93. The number of piperazine rings is 1. The van der Waals surface area contributed by atoms with E-state index in [9.17, 15) is 4.79 Å². The van der Waals surface area contributed by atoms with Gasteiger partial charge in [-0.2, -0.15) is 4.79 Å². The number of carbonyl (C=O) groups is 1. The monoisotopic (exact) mass is 342 g/mol. The van der Waals surface area contributed by atoms with Crippen molar-refractivity contribution in [3.8, 4) is 0 Å². The zero-order valence-electron chi connectivity index (χ0n) is 12.4. The van der Waals surface area contributed by atoms with Gasteiger partial charge in [0, 0.05) is 5.69 Å². The van der Waals surface area contributed by atoms with Gasteiger partial charge in [-0.1, -0.05) is 18.2 Å². The van der Waals surface area contributed by atoms with E-state index in [1.54, 1.807) is 0 Å². The van der Waals surface area contributed by atoms with Crippen LogP contribution in [0.25, 0.3) is 0 Å². The number of benzene rings is 1. The first-order valence-corrected chi connectivity index (χ1v) is 6.84. The van der Waals surface area contributed by atoms with E-state index in [2.05, 4.69) is 17.0 Å². The molecule has 1 aliphatic heterocycles. The molecule has 4 nitrogen and oxygen atoms in total. The number of anilines is 1. The van der Waals surface area contributed by atoms with Gasteiger partial charge in [0.1, 0.15) is 18.7 Å². The Kier molecular flexibility index (Phi) is 6.02. The summed E-state index contributed by atoms with van der Waals surface area (Å²) in [5.41, 5.74) is 0.825. The van der Waals surface area contributed by atoms with Crippen molar-refractivity contribution in [2.45, 2.75) is 26.4 Å². The minimum atomic E-state index is -0.402. The number of hydrogen-bond donors (Lipinski definition) is 1. The fourth-order valence-corrected chi connectivity index (χ4v) is 2.23. The molecule has 20 heavy (non-hydrogen) atoms. The molecule has 1 amide bonds. The fraction of sp³-hybridized carbons (Fsp3) is 0.533. The lowest BCUT2D eigenvalue weighted by Gasteiger charge is -2.32. The highest BCUT2D eigenvalue weighted by Gasteiger charge is 2.30. The first-order chi connectivity index (χ1) is 8.96. The van der Waals surface area contributed by atoms with E-state index >= 15 is 0 Å². The summed E-state index contributed by atoms with van der Waals surface area (Å²) in [7, 11) is 0. The fourth-order valence-electron chi connectivity index (χ4n) is 2.23. The van der Waals surface area contributed by atoms with E-state index in [4.69, 9.17) is 4.74 Å². The number of rotatable bonds is 1. The zero-order chi connectivity index (χ0) is 13.9. The number of quaternary nitrogens is 1. The molecule has 0 aromatic heterocycles. The largest absolute Gasteiger partial charge is 1.00 e. The molecule has 0 aliphatic carbocycles. The minimum absolute atomic E-state index is 0. The summed E-state index contributed by atoms with van der Waals surface area (Å²) in [4.78, 5) is 15.2. The van der Waals surface area contributed by atoms with Crippen LogP contribution in [0.15, 0.2) is 30.3 Å². The highest BCUT2D eigenvalue weighted by Crippen LogP contribution is 2.12. The number of alkyl carbamates (subject to hydrolysis) is 2. The Hall–Kier alpha value is -1.07. The maximum absolute atomic E-state index is 12.0. The van der Waals surface area contributed by atoms with Crippen LogP contribution < -0.4 is 26.8 Å². The van der Waals surface area contributed by atoms with Gasteiger partial charge in [-0.15, -0.1) is 0 Å². The summed E-state index contributed by atoms with van der Waals surface area (Å²) in [6.07, 6.45) is -0.125. The number of nitrogens with one attached hydrogen (secondary N) is 1. The van der Waals surface area contributed by atoms with Crippen molar-refractivity contribution in [3.05, 3.63) is 30.3 Å². The second kappa shape index (κ2) is 7.09. The van der Waals surface area contributed by atoms with Gasteiger partial charge in [0.15, 0.2) is 0 Å². The van der Waals surface area contributed by atoms with Crippen LogP contribution in [0.5, 0.6) is 0 Å². The van der Waals surface area contributed by atoms with Crippen molar-refractivity contribution in [1.29, 1.82) is 0 Å². The van der Waals surface area contributed by atoms with Crippen molar-refractivity contribution < 1.29 is 31.4 Å². The molecule has 0 atom stereocenters. The van der Waals surface area contributed by atoms with E-state index in [1.807, 2.05) is 39.0 Å². The van der Waals surface area contributed by atoms with Crippen LogP contribution >= 0.6 is 0 Å². The van der Waals surface area contributed by atoms with Gasteiger partial charge in [-0.25, -0.2) is 4.90 Å². The van der Waals surface area contributed by atoms with Gasteiger partial charge in [0.05, 0.1) is 13.1 Å². The average molecular weight is 343 g/mol. The molecule has 1 aliphatic rings. The van der Waals surface area contributed by atoms with Crippen molar-refractivity contribution in [1.82, 2.24) is 0 Å². The Balaban J connectivity index is 0.00000200. The third-order valence-electron chi connectivity index (χ3n) is 3.18. The maximum Gasteiger partial charge on any atom is 0.514 e. The summed E-state index contributed by atoms with van der Waals surface area (Å²) < 4.78 is 5.42. The average Bonchev–Trinajstić information content (AvgIpc) is 2.38. The summed E-state index contributed by atoms with van der Waals surface area (Å²) in [5.74, 6) is 0. The Morgan fingerprint density at radius 2 is 1.70 bits per heavy atom. The molecule has 1 fully saturated rings. The summed E-state index contributed by atoms with van der Waals surface area (Å²) in [6.45, 7) is 9.09. The Labute approximate surface area is 131 Å². The van der Waals surface area contributed by atoms with Gasteiger partial charge >= 0.3 is 6.09 Å². The summed E-state index contributed by atoms with van der Waals surface area (Å²) in [5, 5.41) is 0. The van der Waals surface area contributed by atoms with Crippen molar-refractivity contribution >= 4 is 11.8 Å². The lowest BCUT2D eigenvalue weighted by Crippen LogP contribution is -3.17. The quantitative estimate of drug-likeness (QED) is 0.662. The van der Waals surface area contributed by atoms with Crippen molar-refractivity contribution in [2.75, 3.05) is 31.1 Å². The molecule has 1 saturated heterocycles. The SMILES string of the molecule is CC(C)(C)OC(=O)[NH+]1CCN(c2ccccc2)CC1.[Br-]. The van der Waals surface area contributed by atoms with E-state index in [0.29, 0.717) is 0 Å². The Morgan fingerprint density at radius 1 is 1.15 bits per heavy atom. The maximum atomic E-state index is 12.0. The van der Waals surface area contributed by atoms with E-state index < -0.39 is 5.60 Å². The molecule has 1 N–H and O–H groups in total. The van der Waals surface area contributed by atoms with E-state index in [-0.39, 0.29) is 23.1 Å². The third-order valence-corrected chi connectivity index (χ3v) is 3.18. The van der Waals surface area contributed by atoms with Gasteiger partial charge in [-0.05, 0) is 32.9 Å². The predicted molar refractivity (Wildman–Crippen MR) is 75.6 cm³/mol. The lowest BCUT2D eigenvalue weighted by molar-refractivity contribution is -0.825. The molecule has 112 valence electrons. The van der Waals surface area contributed by atoms with Gasteiger partial charge < -0.3 is 26.6 Å². The summed E-state index contributed by atoms with van der Waals surface area (Å²) in [6, 6.07) is 10.3. The highest BCUT2D eigenvalue weighted by atomic mass is 79.9. The van der Waals surface area contributed by atoms with Gasteiger partial charge in [0.2, 0.25) is 0 Å². The molecule has 0 spiro atoms. The molecular weight excluding hydrogens is 320 g/mol. The molecule has 0 bridgehead atoms. The highest BCUT2D eigenvalue weighted by molar-refractivity contribution is 5.58. The minimum Gasteiger partial charge on any atom is -1.00 e. The van der Waals surface area contributed by atoms with Gasteiger partial charge in [0.25, 0.3) is 0 Å². The number of ether oxygens (including phenoxy) is 1. The lowest BCUT2D eigenvalue weighted by atomic mass is 10.2. The smallest absolute Gasteiger partial charge is 0.514 e. The van der Waals surface area contributed by atoms with Gasteiger partial charge in [-0.3, -0.25) is 0 Å². The molecule has 0 saturated carbocycles. The number of halogens is 1. The predicted octanol–water partition coefficient (Wildman–Crippen LogP) is -1.67. The second-order valence-corrected chi connectivity index (χ2v) is 5.93. The van der Waals surface area contributed by atoms with Crippen LogP contribution in [0.4, 0.5) is 10.5 Å². The van der Waals surface area contributed by atoms with Crippen molar-refractivity contribution in [3.63, 3.8) is 0 Å². The van der Waals surface area contributed by atoms with Crippen LogP contribution in [0.1, 0.15) is 20.8 Å².